The van der Waals surface area contributed by atoms with Gasteiger partial charge in [-0.15, -0.1) is 0 Å². The van der Waals surface area contributed by atoms with Crippen molar-refractivity contribution < 1.29 is 23.8 Å². The highest BCUT2D eigenvalue weighted by molar-refractivity contribution is 6.30. The molecule has 4 rings (SSSR count). The first-order valence-corrected chi connectivity index (χ1v) is 14.3. The molecule has 0 bridgehead atoms. The molecule has 2 saturated heterocycles. The lowest BCUT2D eigenvalue weighted by Gasteiger charge is -2.38. The van der Waals surface area contributed by atoms with Crippen molar-refractivity contribution in [2.75, 3.05) is 53.6 Å². The van der Waals surface area contributed by atoms with Gasteiger partial charge in [0.2, 0.25) is 0 Å². The summed E-state index contributed by atoms with van der Waals surface area (Å²) in [6.07, 6.45) is 6.74. The van der Waals surface area contributed by atoms with E-state index < -0.39 is 6.09 Å². The number of hydrogen-bond acceptors (Lipinski definition) is 6. The van der Waals surface area contributed by atoms with Crippen molar-refractivity contribution >= 4 is 23.7 Å². The highest BCUT2D eigenvalue weighted by Gasteiger charge is 2.46. The molecule has 3 aliphatic rings. The van der Waals surface area contributed by atoms with E-state index in [4.69, 9.17) is 21.1 Å². The van der Waals surface area contributed by atoms with E-state index in [2.05, 4.69) is 20.7 Å². The molecule has 1 aliphatic carbocycles. The third kappa shape index (κ3) is 8.21. The molecule has 3 fully saturated rings. The number of amides is 3. The van der Waals surface area contributed by atoms with Gasteiger partial charge in [-0.3, -0.25) is 0 Å². The molecule has 3 amide bonds. The summed E-state index contributed by atoms with van der Waals surface area (Å²) in [6.45, 7) is 3.49. The summed E-state index contributed by atoms with van der Waals surface area (Å²) in [5, 5.41) is 9.84. The number of carbonyl (C=O) groups is 2. The minimum atomic E-state index is -0.489. The maximum atomic E-state index is 13.4. The van der Waals surface area contributed by atoms with Crippen LogP contribution >= 0.6 is 11.6 Å². The Morgan fingerprint density at radius 2 is 2.11 bits per heavy atom. The zero-order valence-corrected chi connectivity index (χ0v) is 23.4. The molecule has 10 heteroatoms. The topological polar surface area (TPSA) is 101 Å². The fourth-order valence-corrected chi connectivity index (χ4v) is 5.98. The second-order valence-corrected chi connectivity index (χ2v) is 11.4. The lowest BCUT2D eigenvalue weighted by atomic mass is 9.88. The van der Waals surface area contributed by atoms with Crippen LogP contribution in [0.15, 0.2) is 24.3 Å². The summed E-state index contributed by atoms with van der Waals surface area (Å²) in [4.78, 5) is 26.7. The van der Waals surface area contributed by atoms with Crippen LogP contribution in [0.5, 0.6) is 0 Å². The number of hydrogen-bond donors (Lipinski definition) is 3. The molecule has 3 N–H and O–H groups in total. The number of alkyl carbamates (subject to hydrolysis) is 1. The number of ether oxygens (including phenoxy) is 3. The van der Waals surface area contributed by atoms with Crippen LogP contribution in [-0.2, 0) is 14.2 Å². The SMILES string of the molecule is CNC[C@H](C[C@H]1CCC2(CC2)OC1)NC(=O)N1CCC[C@@H]([C@@H](OCCNC(=O)OC)c2cccc(Cl)c2)C1. The monoisotopic (exact) mass is 550 g/mol. The van der Waals surface area contributed by atoms with E-state index in [9.17, 15) is 9.59 Å². The quantitative estimate of drug-likeness (QED) is 0.358. The Hall–Kier alpha value is -2.07. The number of carbonyl (C=O) groups excluding carboxylic acids is 2. The second-order valence-electron chi connectivity index (χ2n) is 11.0. The van der Waals surface area contributed by atoms with Gasteiger partial charge in [0.15, 0.2) is 0 Å². The number of halogens is 1. The Morgan fingerprint density at radius 3 is 2.79 bits per heavy atom. The van der Waals surface area contributed by atoms with Gasteiger partial charge < -0.3 is 35.1 Å². The Morgan fingerprint density at radius 1 is 1.26 bits per heavy atom. The molecule has 0 unspecified atom stereocenters. The van der Waals surface area contributed by atoms with Gasteiger partial charge in [-0.05, 0) is 75.6 Å². The maximum Gasteiger partial charge on any atom is 0.406 e. The summed E-state index contributed by atoms with van der Waals surface area (Å²) in [7, 11) is 3.26. The van der Waals surface area contributed by atoms with Gasteiger partial charge in [-0.25, -0.2) is 9.59 Å². The van der Waals surface area contributed by atoms with Crippen LogP contribution in [0.4, 0.5) is 9.59 Å². The molecule has 212 valence electrons. The van der Waals surface area contributed by atoms with E-state index >= 15 is 0 Å². The molecule has 4 atom stereocenters. The second kappa shape index (κ2) is 13.8. The fourth-order valence-electron chi connectivity index (χ4n) is 5.79. The molecule has 2 heterocycles. The summed E-state index contributed by atoms with van der Waals surface area (Å²) in [5.74, 6) is 0.587. The Bertz CT molecular complexity index is 920. The Balaban J connectivity index is 1.34. The van der Waals surface area contributed by atoms with Crippen LogP contribution in [0.3, 0.4) is 0 Å². The zero-order valence-electron chi connectivity index (χ0n) is 22.7. The standard InChI is InChI=1S/C28H43ClN4O5/c1-30-17-24(15-20-8-9-28(10-11-28)38-19-20)32-26(34)33-13-4-6-22(18-33)25(21-5-3-7-23(29)16-21)37-14-12-31-27(35)36-2/h3,5,7,16,20,22,24-25,30H,4,6,8-15,17-19H2,1-2H3,(H,31,35)(H,32,34)/t20-,22-,24+,25+/m1/s1. The number of nitrogens with one attached hydrogen (secondary N) is 3. The molecule has 1 spiro atoms. The van der Waals surface area contributed by atoms with Crippen molar-refractivity contribution in [3.8, 4) is 0 Å². The smallest absolute Gasteiger partial charge is 0.406 e. The van der Waals surface area contributed by atoms with E-state index in [-0.39, 0.29) is 29.7 Å². The predicted octanol–water partition coefficient (Wildman–Crippen LogP) is 4.11. The van der Waals surface area contributed by atoms with Crippen molar-refractivity contribution in [3.05, 3.63) is 34.9 Å². The average Bonchev–Trinajstić information content (AvgIpc) is 3.69. The van der Waals surface area contributed by atoms with E-state index in [0.717, 1.165) is 50.9 Å². The van der Waals surface area contributed by atoms with Crippen molar-refractivity contribution in [3.63, 3.8) is 0 Å². The predicted molar refractivity (Wildman–Crippen MR) is 146 cm³/mol. The molecule has 1 saturated carbocycles. The summed E-state index contributed by atoms with van der Waals surface area (Å²) in [5.41, 5.74) is 1.17. The van der Waals surface area contributed by atoms with E-state index in [1.54, 1.807) is 0 Å². The number of likely N-dealkylation sites (tertiary alicyclic amines) is 1. The number of likely N-dealkylation sites (N-methyl/N-ethyl adjacent to an activating group) is 1. The van der Waals surface area contributed by atoms with Gasteiger partial charge in [0, 0.05) is 43.2 Å². The van der Waals surface area contributed by atoms with Crippen molar-refractivity contribution in [1.82, 2.24) is 20.9 Å². The van der Waals surface area contributed by atoms with Crippen LogP contribution in [0, 0.1) is 11.8 Å². The molecule has 0 aromatic heterocycles. The molecule has 2 aliphatic heterocycles. The number of nitrogens with zero attached hydrogens (tertiary/aromatic N) is 1. The van der Waals surface area contributed by atoms with Gasteiger partial charge >= 0.3 is 12.1 Å². The van der Waals surface area contributed by atoms with Crippen molar-refractivity contribution in [2.24, 2.45) is 11.8 Å². The van der Waals surface area contributed by atoms with Gasteiger partial charge in [-0.2, -0.15) is 0 Å². The lowest BCUT2D eigenvalue weighted by molar-refractivity contribution is -0.0380. The Kier molecular flexibility index (Phi) is 10.5. The third-order valence-electron chi connectivity index (χ3n) is 8.04. The molecular weight excluding hydrogens is 508 g/mol. The number of methoxy groups -OCH3 is 1. The van der Waals surface area contributed by atoms with Crippen molar-refractivity contribution in [1.29, 1.82) is 0 Å². The molecule has 0 radical (unpaired) electrons. The number of piperidine rings is 1. The maximum absolute atomic E-state index is 13.4. The summed E-state index contributed by atoms with van der Waals surface area (Å²) in [6, 6.07) is 7.70. The minimum absolute atomic E-state index is 0.0254. The summed E-state index contributed by atoms with van der Waals surface area (Å²) >= 11 is 6.30. The van der Waals surface area contributed by atoms with Gasteiger partial charge in [-0.1, -0.05) is 23.7 Å². The lowest BCUT2D eigenvalue weighted by Crippen LogP contribution is -2.52. The van der Waals surface area contributed by atoms with Gasteiger partial charge in [0.05, 0.1) is 32.0 Å². The molecule has 9 nitrogen and oxygen atoms in total. The van der Waals surface area contributed by atoms with Crippen LogP contribution < -0.4 is 16.0 Å². The first-order chi connectivity index (χ1) is 18.4. The van der Waals surface area contributed by atoms with E-state index in [0.29, 0.717) is 30.6 Å². The number of rotatable bonds is 11. The normalized spacial score (nSPS) is 23.9. The van der Waals surface area contributed by atoms with Crippen LogP contribution in [-0.4, -0.2) is 82.2 Å². The Labute approximate surface area is 231 Å². The number of urea groups is 1. The number of benzene rings is 1. The summed E-state index contributed by atoms with van der Waals surface area (Å²) < 4.78 is 17.1. The zero-order chi connectivity index (χ0) is 27.0. The molecule has 38 heavy (non-hydrogen) atoms. The van der Waals surface area contributed by atoms with Gasteiger partial charge in [0.25, 0.3) is 0 Å². The molecule has 1 aromatic rings. The first kappa shape index (κ1) is 28.9. The van der Waals surface area contributed by atoms with Crippen LogP contribution in [0.1, 0.15) is 56.6 Å². The minimum Gasteiger partial charge on any atom is -0.453 e. The third-order valence-corrected chi connectivity index (χ3v) is 8.28. The van der Waals surface area contributed by atoms with Crippen LogP contribution in [0.25, 0.3) is 0 Å². The van der Waals surface area contributed by atoms with E-state index in [1.165, 1.54) is 26.4 Å². The van der Waals surface area contributed by atoms with Crippen molar-refractivity contribution in [2.45, 2.75) is 62.7 Å². The fraction of sp³-hybridized carbons (Fsp3) is 0.714. The molecule has 1 aromatic carbocycles. The highest BCUT2D eigenvalue weighted by atomic mass is 35.5. The van der Waals surface area contributed by atoms with Crippen LogP contribution in [0.2, 0.25) is 5.02 Å². The van der Waals surface area contributed by atoms with E-state index in [1.807, 2.05) is 36.2 Å². The largest absolute Gasteiger partial charge is 0.453 e. The molecular formula is C28H43ClN4O5. The average molecular weight is 551 g/mol. The highest BCUT2D eigenvalue weighted by Crippen LogP contribution is 2.47. The first-order valence-electron chi connectivity index (χ1n) is 13.9. The van der Waals surface area contributed by atoms with Gasteiger partial charge in [0.1, 0.15) is 0 Å².